The summed E-state index contributed by atoms with van der Waals surface area (Å²) in [5.74, 6) is 0. The minimum atomic E-state index is -3.40. The van der Waals surface area contributed by atoms with Crippen LogP contribution in [0.25, 0.3) is 0 Å². The van der Waals surface area contributed by atoms with Crippen LogP contribution in [0.2, 0.25) is 0 Å². The first-order valence-corrected chi connectivity index (χ1v) is 8.32. The predicted molar refractivity (Wildman–Crippen MR) is 71.5 cm³/mol. The summed E-state index contributed by atoms with van der Waals surface area (Å²) in [6, 6.07) is 1.81. The van der Waals surface area contributed by atoms with Crippen molar-refractivity contribution < 1.29 is 13.2 Å². The first kappa shape index (κ1) is 14.0. The van der Waals surface area contributed by atoms with E-state index >= 15 is 0 Å². The van der Waals surface area contributed by atoms with Gasteiger partial charge in [0.05, 0.1) is 6.10 Å². The largest absolute Gasteiger partial charge is 0.375 e. The van der Waals surface area contributed by atoms with Crippen molar-refractivity contribution in [3.63, 3.8) is 0 Å². The summed E-state index contributed by atoms with van der Waals surface area (Å²) in [4.78, 5) is 0. The molecule has 7 heteroatoms. The zero-order chi connectivity index (χ0) is 13.0. The summed E-state index contributed by atoms with van der Waals surface area (Å²) in [7, 11) is -3.40. The van der Waals surface area contributed by atoms with E-state index in [2.05, 4.69) is 10.0 Å². The highest BCUT2D eigenvalue weighted by Crippen LogP contribution is 2.21. The molecule has 0 radical (unpaired) electrons. The fraction of sp³-hybridized carbons (Fsp3) is 0.636. The van der Waals surface area contributed by atoms with Crippen molar-refractivity contribution in [3.05, 3.63) is 17.0 Å². The molecule has 1 atom stereocenters. The number of rotatable bonds is 4. The van der Waals surface area contributed by atoms with E-state index in [-0.39, 0.29) is 6.10 Å². The van der Waals surface area contributed by atoms with Gasteiger partial charge in [-0.05, 0) is 36.9 Å². The average Bonchev–Trinajstić information content (AvgIpc) is 2.63. The van der Waals surface area contributed by atoms with Gasteiger partial charge >= 0.3 is 0 Å². The highest BCUT2D eigenvalue weighted by Gasteiger charge is 2.20. The van der Waals surface area contributed by atoms with Crippen molar-refractivity contribution >= 4 is 21.4 Å². The Balaban J connectivity index is 1.95. The lowest BCUT2D eigenvalue weighted by Crippen LogP contribution is -2.38. The molecule has 5 nitrogen and oxygen atoms in total. The fourth-order valence-electron chi connectivity index (χ4n) is 1.80. The van der Waals surface area contributed by atoms with Crippen LogP contribution in [0.1, 0.15) is 12.0 Å². The second-order valence-electron chi connectivity index (χ2n) is 4.29. The van der Waals surface area contributed by atoms with Gasteiger partial charge in [0, 0.05) is 19.7 Å². The van der Waals surface area contributed by atoms with E-state index in [0.29, 0.717) is 23.9 Å². The second-order valence-corrected chi connectivity index (χ2v) is 7.17. The van der Waals surface area contributed by atoms with E-state index in [1.807, 2.05) is 6.07 Å². The van der Waals surface area contributed by atoms with Gasteiger partial charge in [-0.2, -0.15) is 0 Å². The molecular weight excluding hydrogens is 272 g/mol. The SMILES string of the molecule is Cc1ccsc1S(=O)(=O)NCC1CNCCCO1. The lowest BCUT2D eigenvalue weighted by atomic mass is 10.3. The molecule has 0 amide bonds. The summed E-state index contributed by atoms with van der Waals surface area (Å²) in [5, 5.41) is 5.01. The number of thiophene rings is 1. The lowest BCUT2D eigenvalue weighted by Gasteiger charge is -2.15. The van der Waals surface area contributed by atoms with Gasteiger partial charge in [0.1, 0.15) is 4.21 Å². The molecule has 0 bridgehead atoms. The number of sulfonamides is 1. The molecule has 1 aliphatic heterocycles. The maximum Gasteiger partial charge on any atom is 0.250 e. The first-order chi connectivity index (χ1) is 8.59. The van der Waals surface area contributed by atoms with Gasteiger partial charge in [-0.1, -0.05) is 0 Å². The van der Waals surface area contributed by atoms with E-state index in [4.69, 9.17) is 4.74 Å². The maximum atomic E-state index is 12.1. The van der Waals surface area contributed by atoms with Gasteiger partial charge < -0.3 is 10.1 Å². The third-order valence-electron chi connectivity index (χ3n) is 2.78. The molecule has 102 valence electrons. The number of hydrogen-bond donors (Lipinski definition) is 2. The summed E-state index contributed by atoms with van der Waals surface area (Å²) < 4.78 is 32.7. The molecule has 0 aliphatic carbocycles. The Labute approximate surface area is 112 Å². The average molecular weight is 290 g/mol. The van der Waals surface area contributed by atoms with Gasteiger partial charge in [0.25, 0.3) is 0 Å². The van der Waals surface area contributed by atoms with Crippen LogP contribution in [0, 0.1) is 6.92 Å². The summed E-state index contributed by atoms with van der Waals surface area (Å²) >= 11 is 1.24. The molecule has 0 aromatic carbocycles. The van der Waals surface area contributed by atoms with Crippen molar-refractivity contribution in [2.24, 2.45) is 0 Å². The van der Waals surface area contributed by atoms with Crippen molar-refractivity contribution in [2.45, 2.75) is 23.7 Å². The minimum Gasteiger partial charge on any atom is -0.375 e. The molecule has 18 heavy (non-hydrogen) atoms. The minimum absolute atomic E-state index is 0.0949. The van der Waals surface area contributed by atoms with E-state index in [0.717, 1.165) is 18.5 Å². The molecule has 1 aromatic heterocycles. The maximum absolute atomic E-state index is 12.1. The zero-order valence-corrected chi connectivity index (χ0v) is 11.9. The highest BCUT2D eigenvalue weighted by molar-refractivity contribution is 7.91. The molecule has 2 rings (SSSR count). The van der Waals surface area contributed by atoms with E-state index in [1.165, 1.54) is 11.3 Å². The number of ether oxygens (including phenoxy) is 1. The van der Waals surface area contributed by atoms with E-state index in [1.54, 1.807) is 12.3 Å². The van der Waals surface area contributed by atoms with Crippen LogP contribution in [0.5, 0.6) is 0 Å². The first-order valence-electron chi connectivity index (χ1n) is 5.95. The Bertz CT molecular complexity index is 476. The summed E-state index contributed by atoms with van der Waals surface area (Å²) in [6.07, 6.45) is 0.871. The number of nitrogens with one attached hydrogen (secondary N) is 2. The number of hydrogen-bond acceptors (Lipinski definition) is 5. The van der Waals surface area contributed by atoms with Gasteiger partial charge in [-0.15, -0.1) is 11.3 Å². The Morgan fingerprint density at radius 1 is 1.61 bits per heavy atom. The molecule has 2 heterocycles. The fourth-order valence-corrected chi connectivity index (χ4v) is 4.33. The van der Waals surface area contributed by atoms with Crippen LogP contribution < -0.4 is 10.0 Å². The molecule has 1 fully saturated rings. The van der Waals surface area contributed by atoms with E-state index in [9.17, 15) is 8.42 Å². The van der Waals surface area contributed by atoms with Crippen molar-refractivity contribution in [1.29, 1.82) is 0 Å². The molecule has 1 saturated heterocycles. The topological polar surface area (TPSA) is 67.4 Å². The Kier molecular flexibility index (Phi) is 4.74. The molecular formula is C11H18N2O3S2. The van der Waals surface area contributed by atoms with Crippen LogP contribution in [-0.2, 0) is 14.8 Å². The molecule has 0 saturated carbocycles. The molecule has 0 spiro atoms. The third kappa shape index (κ3) is 3.52. The number of aryl methyl sites for hydroxylation is 1. The molecule has 2 N–H and O–H groups in total. The van der Waals surface area contributed by atoms with E-state index < -0.39 is 10.0 Å². The van der Waals surface area contributed by atoms with Crippen molar-refractivity contribution in [1.82, 2.24) is 10.0 Å². The van der Waals surface area contributed by atoms with Gasteiger partial charge in [0.15, 0.2) is 0 Å². The summed E-state index contributed by atoms with van der Waals surface area (Å²) in [6.45, 7) is 4.40. The van der Waals surface area contributed by atoms with Crippen LogP contribution in [0.4, 0.5) is 0 Å². The zero-order valence-electron chi connectivity index (χ0n) is 10.3. The van der Waals surface area contributed by atoms with Crippen molar-refractivity contribution in [3.8, 4) is 0 Å². The summed E-state index contributed by atoms with van der Waals surface area (Å²) in [5.41, 5.74) is 0.785. The smallest absolute Gasteiger partial charge is 0.250 e. The van der Waals surface area contributed by atoms with Gasteiger partial charge in [-0.25, -0.2) is 13.1 Å². The second kappa shape index (κ2) is 6.12. The Morgan fingerprint density at radius 2 is 2.44 bits per heavy atom. The van der Waals surface area contributed by atoms with Crippen LogP contribution in [0.15, 0.2) is 15.7 Å². The molecule has 1 aliphatic rings. The Morgan fingerprint density at radius 3 is 3.17 bits per heavy atom. The predicted octanol–water partition coefficient (Wildman–Crippen LogP) is 0.713. The molecule has 1 aromatic rings. The van der Waals surface area contributed by atoms with Crippen LogP contribution in [0.3, 0.4) is 0 Å². The standard InChI is InChI=1S/C11H18N2O3S2/c1-9-3-6-17-11(9)18(14,15)13-8-10-7-12-4-2-5-16-10/h3,6,10,12-13H,2,4-5,7-8H2,1H3. The Hall–Kier alpha value is -0.470. The van der Waals surface area contributed by atoms with Gasteiger partial charge in [0.2, 0.25) is 10.0 Å². The highest BCUT2D eigenvalue weighted by atomic mass is 32.2. The van der Waals surface area contributed by atoms with Gasteiger partial charge in [-0.3, -0.25) is 0 Å². The van der Waals surface area contributed by atoms with Crippen molar-refractivity contribution in [2.75, 3.05) is 26.2 Å². The quantitative estimate of drug-likeness (QED) is 0.857. The molecule has 1 unspecified atom stereocenters. The van der Waals surface area contributed by atoms with Crippen LogP contribution in [-0.4, -0.2) is 40.8 Å². The van der Waals surface area contributed by atoms with Crippen LogP contribution >= 0.6 is 11.3 Å². The lowest BCUT2D eigenvalue weighted by molar-refractivity contribution is 0.0707. The normalized spacial score (nSPS) is 21.7. The third-order valence-corrected chi connectivity index (χ3v) is 5.90. The monoisotopic (exact) mass is 290 g/mol.